The zero-order valence-electron chi connectivity index (χ0n) is 33.3. The van der Waals surface area contributed by atoms with Gasteiger partial charge >= 0.3 is 0 Å². The van der Waals surface area contributed by atoms with E-state index in [0.717, 1.165) is 38.6 Å². The van der Waals surface area contributed by atoms with Gasteiger partial charge in [0.25, 0.3) is 5.69 Å². The van der Waals surface area contributed by atoms with Crippen molar-refractivity contribution < 1.29 is 24.0 Å². The van der Waals surface area contributed by atoms with E-state index < -0.39 is 10.7 Å². The Bertz CT molecular complexity index is 2960. The van der Waals surface area contributed by atoms with E-state index in [1.807, 2.05) is 67.4 Å². The number of methoxy groups -OCH3 is 2. The van der Waals surface area contributed by atoms with Gasteiger partial charge in [-0.15, -0.1) is 0 Å². The average molecular weight is 807 g/mol. The van der Waals surface area contributed by atoms with Crippen molar-refractivity contribution in [1.29, 1.82) is 0 Å². The number of carbonyl (C=O) groups excluding carboxylic acids is 2. The van der Waals surface area contributed by atoms with Crippen LogP contribution < -0.4 is 25.8 Å². The van der Waals surface area contributed by atoms with Crippen LogP contribution in [0.4, 0.5) is 34.4 Å². The molecule has 0 radical (unpaired) electrons. The zero-order valence-corrected chi connectivity index (χ0v) is 33.3. The van der Waals surface area contributed by atoms with Gasteiger partial charge in [0.2, 0.25) is 0 Å². The quantitative estimate of drug-likeness (QED) is 0.0498. The summed E-state index contributed by atoms with van der Waals surface area (Å²) in [6.45, 7) is 2.73. The Kier molecular flexibility index (Phi) is 11.1. The van der Waals surface area contributed by atoms with Crippen LogP contribution in [0.1, 0.15) is 34.6 Å². The number of fused-ring (bicyclic) bond motifs is 2. The predicted molar refractivity (Wildman–Crippen MR) is 227 cm³/mol. The fourth-order valence-corrected chi connectivity index (χ4v) is 6.52. The molecule has 18 heteroatoms. The van der Waals surface area contributed by atoms with Gasteiger partial charge < -0.3 is 25.8 Å². The lowest BCUT2D eigenvalue weighted by atomic mass is 10.1. The van der Waals surface area contributed by atoms with Crippen molar-refractivity contribution >= 4 is 67.8 Å². The van der Waals surface area contributed by atoms with Gasteiger partial charge in [0, 0.05) is 65.4 Å². The Morgan fingerprint density at radius 2 is 1.13 bits per heavy atom. The maximum atomic E-state index is 11.8. The van der Waals surface area contributed by atoms with Gasteiger partial charge in [0.15, 0.2) is 11.6 Å². The van der Waals surface area contributed by atoms with E-state index >= 15 is 0 Å². The van der Waals surface area contributed by atoms with E-state index in [1.165, 1.54) is 52.9 Å². The lowest BCUT2D eigenvalue weighted by Crippen LogP contribution is -2.04. The van der Waals surface area contributed by atoms with Crippen LogP contribution in [0.15, 0.2) is 97.8 Å². The largest absolute Gasteiger partial charge is 0.495 e. The minimum atomic E-state index is -0.601. The summed E-state index contributed by atoms with van der Waals surface area (Å²) in [7, 11) is 6.74. The molecule has 302 valence electrons. The molecular formula is C42H38N12O6. The van der Waals surface area contributed by atoms with Crippen molar-refractivity contribution in [1.82, 2.24) is 39.5 Å². The fraction of sp³-hybridized carbons (Fsp3) is 0.143. The van der Waals surface area contributed by atoms with Gasteiger partial charge in [-0.3, -0.25) is 29.1 Å². The van der Waals surface area contributed by atoms with Crippen LogP contribution in [-0.4, -0.2) is 70.2 Å². The molecule has 60 heavy (non-hydrogen) atoms. The number of aryl methyl sites for hydroxylation is 2. The lowest BCUT2D eigenvalue weighted by molar-refractivity contribution is -0.385. The highest BCUT2D eigenvalue weighted by atomic mass is 16.6. The minimum Gasteiger partial charge on any atom is -0.495 e. The summed E-state index contributed by atoms with van der Waals surface area (Å²) in [5.74, 6) is 1.23. The molecule has 0 saturated heterocycles. The molecule has 0 aliphatic carbocycles. The second-order valence-corrected chi connectivity index (χ2v) is 13.5. The Morgan fingerprint density at radius 1 is 0.667 bits per heavy atom. The Balaban J connectivity index is 0.000000182. The number of aromatic nitrogens is 8. The van der Waals surface area contributed by atoms with Crippen LogP contribution in [0.3, 0.4) is 0 Å². The Labute approximate surface area is 342 Å². The van der Waals surface area contributed by atoms with Crippen LogP contribution in [0.5, 0.6) is 11.5 Å². The minimum absolute atomic E-state index is 0.0273. The van der Waals surface area contributed by atoms with E-state index in [1.54, 1.807) is 29.1 Å². The molecule has 0 fully saturated rings. The monoisotopic (exact) mass is 806 g/mol. The molecule has 0 spiro atoms. The number of nitrogens with zero attached hydrogens (tertiary/aromatic N) is 9. The molecule has 0 aliphatic rings. The number of Topliss-reactive ketones (excluding diaryl/α,β-unsaturated/α-hetero) is 2. The zero-order chi connectivity index (χ0) is 42.7. The molecule has 4 heterocycles. The molecule has 0 atom stereocenters. The van der Waals surface area contributed by atoms with Crippen LogP contribution >= 0.6 is 0 Å². The number of rotatable bonds is 11. The number of nitro groups is 1. The van der Waals surface area contributed by atoms with Gasteiger partial charge in [-0.1, -0.05) is 12.1 Å². The highest BCUT2D eigenvalue weighted by molar-refractivity contribution is 6.01. The fourth-order valence-electron chi connectivity index (χ4n) is 6.52. The number of nitrogens with two attached hydrogens (primary N) is 1. The van der Waals surface area contributed by atoms with Crippen molar-refractivity contribution in [3.8, 4) is 34.0 Å². The molecule has 4 aromatic carbocycles. The highest BCUT2D eigenvalue weighted by Gasteiger charge is 2.22. The van der Waals surface area contributed by atoms with Crippen LogP contribution in [-0.2, 0) is 14.1 Å². The number of ketones is 2. The summed E-state index contributed by atoms with van der Waals surface area (Å²) in [6, 6.07) is 21.4. The summed E-state index contributed by atoms with van der Waals surface area (Å²) in [5.41, 5.74) is 12.7. The molecule has 0 amide bonds. The van der Waals surface area contributed by atoms with Crippen molar-refractivity contribution in [2.45, 2.75) is 13.8 Å². The average Bonchev–Trinajstić information content (AvgIpc) is 3.81. The molecule has 8 rings (SSSR count). The smallest absolute Gasteiger partial charge is 0.282 e. The summed E-state index contributed by atoms with van der Waals surface area (Å²) in [5, 5.41) is 28.2. The van der Waals surface area contributed by atoms with E-state index in [4.69, 9.17) is 15.2 Å². The summed E-state index contributed by atoms with van der Waals surface area (Å²) >= 11 is 0. The van der Waals surface area contributed by atoms with Crippen molar-refractivity contribution in [2.75, 3.05) is 30.6 Å². The normalized spacial score (nSPS) is 10.8. The van der Waals surface area contributed by atoms with E-state index in [9.17, 15) is 19.7 Å². The van der Waals surface area contributed by atoms with E-state index in [0.29, 0.717) is 45.7 Å². The van der Waals surface area contributed by atoms with Crippen LogP contribution in [0.25, 0.3) is 44.3 Å². The van der Waals surface area contributed by atoms with Crippen LogP contribution in [0.2, 0.25) is 0 Å². The van der Waals surface area contributed by atoms with Gasteiger partial charge in [-0.05, 0) is 56.3 Å². The molecule has 4 N–H and O–H groups in total. The SMILES string of the molecule is COc1cc(C(C)=O)c(N)cc1Nc1cc(-c2ccc3c(cnn3C)c2)ncn1.COc1cc(C(C)=O)c([N+](=O)[O-])cc1Nc1cc(-c2ccc3c(cnn3C)c2)ncn1. The topological polar surface area (TPSA) is 233 Å². The number of hydrogen-bond acceptors (Lipinski definition) is 15. The number of nitro benzene ring substituents is 1. The summed E-state index contributed by atoms with van der Waals surface area (Å²) < 4.78 is 14.3. The Hall–Kier alpha value is -8.28. The number of nitrogens with one attached hydrogen (secondary N) is 2. The van der Waals surface area contributed by atoms with Gasteiger partial charge in [-0.2, -0.15) is 10.2 Å². The molecule has 0 unspecified atom stereocenters. The molecule has 4 aromatic heterocycles. The number of benzene rings is 4. The molecule has 0 aliphatic heterocycles. The number of hydrogen-bond donors (Lipinski definition) is 3. The third-order valence-electron chi connectivity index (χ3n) is 9.59. The van der Waals surface area contributed by atoms with Crippen molar-refractivity contribution in [2.24, 2.45) is 14.1 Å². The summed E-state index contributed by atoms with van der Waals surface area (Å²) in [4.78, 5) is 51.5. The molecular weight excluding hydrogens is 769 g/mol. The third-order valence-corrected chi connectivity index (χ3v) is 9.59. The van der Waals surface area contributed by atoms with Gasteiger partial charge in [0.1, 0.15) is 35.8 Å². The van der Waals surface area contributed by atoms with Crippen molar-refractivity contribution in [3.05, 3.63) is 119 Å². The second-order valence-electron chi connectivity index (χ2n) is 13.5. The van der Waals surface area contributed by atoms with E-state index in [2.05, 4.69) is 40.8 Å². The first-order valence-corrected chi connectivity index (χ1v) is 18.2. The highest BCUT2D eigenvalue weighted by Crippen LogP contribution is 2.36. The number of anilines is 5. The van der Waals surface area contributed by atoms with E-state index in [-0.39, 0.29) is 22.8 Å². The standard InChI is InChI=1S/C21H18N6O4.C21H20N6O2/c1-12(28)15-7-20(31-3)17(8-19(15)27(29)30)25-21-9-16(22-11-23-21)13-4-5-18-14(6-13)10-24-26(18)2;1-12(28)15-7-20(29-3)18(8-16(15)22)26-21-9-17(23-11-24-21)13-4-5-19-14(6-13)10-25-27(19)2/h4-11H,1-3H3,(H,22,23,25);4-11H,22H2,1-3H3,(H,23,24,26). The van der Waals surface area contributed by atoms with Gasteiger partial charge in [0.05, 0.1) is 70.9 Å². The Morgan fingerprint density at radius 3 is 1.58 bits per heavy atom. The maximum Gasteiger partial charge on any atom is 0.282 e. The first kappa shape index (κ1) is 39.9. The summed E-state index contributed by atoms with van der Waals surface area (Å²) in [6.07, 6.45) is 6.49. The number of nitrogen functional groups attached to an aromatic ring is 1. The van der Waals surface area contributed by atoms with Crippen LogP contribution in [0, 0.1) is 10.1 Å². The number of ether oxygens (including phenoxy) is 2. The lowest BCUT2D eigenvalue weighted by Gasteiger charge is -2.14. The number of carbonyl (C=O) groups is 2. The first-order valence-electron chi connectivity index (χ1n) is 18.2. The molecule has 18 nitrogen and oxygen atoms in total. The second kappa shape index (κ2) is 16.7. The molecule has 8 aromatic rings. The first-order chi connectivity index (χ1) is 28.8. The van der Waals surface area contributed by atoms with Gasteiger partial charge in [-0.25, -0.2) is 19.9 Å². The third kappa shape index (κ3) is 8.23. The maximum absolute atomic E-state index is 11.8. The molecule has 0 bridgehead atoms. The van der Waals surface area contributed by atoms with Crippen molar-refractivity contribution in [3.63, 3.8) is 0 Å². The molecule has 0 saturated carbocycles. The predicted octanol–water partition coefficient (Wildman–Crippen LogP) is 7.46.